The number of carboxylic acids is 1. The second-order valence-electron chi connectivity index (χ2n) is 2.63. The van der Waals surface area contributed by atoms with Crippen LogP contribution in [0.15, 0.2) is 4.60 Å². The van der Waals surface area contributed by atoms with E-state index in [9.17, 15) is 4.79 Å². The molecule has 0 aliphatic heterocycles. The Hall–Kier alpha value is -0.910. The van der Waals surface area contributed by atoms with E-state index in [0.717, 1.165) is 18.5 Å². The highest BCUT2D eigenvalue weighted by Crippen LogP contribution is 2.14. The first-order valence-corrected chi connectivity index (χ1v) is 4.74. The van der Waals surface area contributed by atoms with Gasteiger partial charge in [-0.05, 0) is 22.4 Å². The maximum Gasteiger partial charge on any atom is 0.325 e. The summed E-state index contributed by atoms with van der Waals surface area (Å²) in [5, 5.41) is 16.0. The number of carboxylic acid groups (broad SMARTS) is 1. The lowest BCUT2D eigenvalue weighted by Crippen LogP contribution is -2.13. The first-order chi connectivity index (χ1) is 6.15. The van der Waals surface area contributed by atoms with Crippen molar-refractivity contribution >= 4 is 21.9 Å². The molecule has 0 aliphatic carbocycles. The Morgan fingerprint density at radius 2 is 2.38 bits per heavy atom. The number of nitrogens with zero attached hydrogens (tertiary/aromatic N) is 3. The van der Waals surface area contributed by atoms with Gasteiger partial charge in [-0.15, -0.1) is 5.10 Å². The quantitative estimate of drug-likeness (QED) is 0.865. The van der Waals surface area contributed by atoms with Crippen molar-refractivity contribution in [1.82, 2.24) is 15.0 Å². The minimum atomic E-state index is -0.908. The normalized spacial score (nSPS) is 10.3. The van der Waals surface area contributed by atoms with E-state index in [1.165, 1.54) is 4.68 Å². The standard InChI is InChI=1S/C7H10BrN3O2/c1-2-3-5-7(8)9-10-11(5)4-6(12)13/h2-4H2,1H3,(H,12,13). The van der Waals surface area contributed by atoms with Gasteiger partial charge >= 0.3 is 5.97 Å². The Morgan fingerprint density at radius 1 is 1.69 bits per heavy atom. The van der Waals surface area contributed by atoms with E-state index in [1.807, 2.05) is 6.92 Å². The van der Waals surface area contributed by atoms with Crippen molar-refractivity contribution in [3.8, 4) is 0 Å². The van der Waals surface area contributed by atoms with Crippen molar-refractivity contribution in [2.45, 2.75) is 26.3 Å². The Labute approximate surface area is 83.9 Å². The van der Waals surface area contributed by atoms with E-state index in [4.69, 9.17) is 5.11 Å². The van der Waals surface area contributed by atoms with Gasteiger partial charge in [0, 0.05) is 0 Å². The van der Waals surface area contributed by atoms with Crippen LogP contribution in [0.25, 0.3) is 0 Å². The third-order valence-electron chi connectivity index (χ3n) is 1.56. The van der Waals surface area contributed by atoms with E-state index >= 15 is 0 Å². The molecule has 0 spiro atoms. The average Bonchev–Trinajstić information content (AvgIpc) is 2.35. The van der Waals surface area contributed by atoms with Crippen LogP contribution in [0.3, 0.4) is 0 Å². The minimum absolute atomic E-state index is 0.131. The number of hydrogen-bond acceptors (Lipinski definition) is 3. The maximum atomic E-state index is 10.4. The summed E-state index contributed by atoms with van der Waals surface area (Å²) >= 11 is 3.22. The van der Waals surface area contributed by atoms with E-state index in [0.29, 0.717) is 4.60 Å². The van der Waals surface area contributed by atoms with Gasteiger partial charge in [0.1, 0.15) is 6.54 Å². The van der Waals surface area contributed by atoms with Crippen LogP contribution in [0.5, 0.6) is 0 Å². The SMILES string of the molecule is CCCc1c(Br)nnn1CC(=O)O. The molecule has 6 heteroatoms. The van der Waals surface area contributed by atoms with E-state index in [1.54, 1.807) is 0 Å². The first kappa shape index (κ1) is 10.2. The zero-order valence-electron chi connectivity index (χ0n) is 7.20. The number of aliphatic carboxylic acids is 1. The van der Waals surface area contributed by atoms with Crippen LogP contribution in [0, 0.1) is 0 Å². The van der Waals surface area contributed by atoms with Gasteiger partial charge in [-0.25, -0.2) is 4.68 Å². The number of hydrogen-bond donors (Lipinski definition) is 1. The molecule has 0 unspecified atom stereocenters. The van der Waals surface area contributed by atoms with Crippen molar-refractivity contribution in [3.63, 3.8) is 0 Å². The smallest absolute Gasteiger partial charge is 0.325 e. The Morgan fingerprint density at radius 3 is 2.92 bits per heavy atom. The molecule has 0 amide bonds. The van der Waals surface area contributed by atoms with Gasteiger partial charge in [0.2, 0.25) is 0 Å². The fraction of sp³-hybridized carbons (Fsp3) is 0.571. The molecule has 1 rings (SSSR count). The van der Waals surface area contributed by atoms with Gasteiger partial charge in [-0.1, -0.05) is 18.6 Å². The maximum absolute atomic E-state index is 10.4. The second kappa shape index (κ2) is 4.36. The molecular weight excluding hydrogens is 238 g/mol. The molecule has 0 bridgehead atoms. The summed E-state index contributed by atoms with van der Waals surface area (Å²) in [7, 11) is 0. The molecule has 1 N–H and O–H groups in total. The van der Waals surface area contributed by atoms with Crippen molar-refractivity contribution < 1.29 is 9.90 Å². The molecule has 1 aromatic rings. The molecule has 1 aromatic heterocycles. The van der Waals surface area contributed by atoms with Crippen LogP contribution in [0.2, 0.25) is 0 Å². The lowest BCUT2D eigenvalue weighted by molar-refractivity contribution is -0.137. The third-order valence-corrected chi connectivity index (χ3v) is 2.18. The summed E-state index contributed by atoms with van der Waals surface area (Å²) in [6.45, 7) is 1.89. The lowest BCUT2D eigenvalue weighted by atomic mass is 10.3. The Bertz CT molecular complexity index is 311. The molecule has 0 saturated carbocycles. The summed E-state index contributed by atoms with van der Waals surface area (Å²) in [5.74, 6) is -0.908. The second-order valence-corrected chi connectivity index (χ2v) is 3.38. The van der Waals surface area contributed by atoms with Crippen molar-refractivity contribution in [1.29, 1.82) is 0 Å². The zero-order valence-corrected chi connectivity index (χ0v) is 8.78. The van der Waals surface area contributed by atoms with Crippen molar-refractivity contribution in [2.75, 3.05) is 0 Å². The lowest BCUT2D eigenvalue weighted by Gasteiger charge is -2.01. The molecule has 72 valence electrons. The van der Waals surface area contributed by atoms with Crippen LogP contribution >= 0.6 is 15.9 Å². The summed E-state index contributed by atoms with van der Waals surface area (Å²) in [6, 6.07) is 0. The predicted octanol–water partition coefficient (Wildman–Crippen LogP) is 1.08. The summed E-state index contributed by atoms with van der Waals surface area (Å²) < 4.78 is 2.03. The highest BCUT2D eigenvalue weighted by Gasteiger charge is 2.11. The first-order valence-electron chi connectivity index (χ1n) is 3.94. The molecule has 0 aliphatic rings. The monoisotopic (exact) mass is 247 g/mol. The highest BCUT2D eigenvalue weighted by atomic mass is 79.9. The molecule has 5 nitrogen and oxygen atoms in total. The molecule has 0 fully saturated rings. The predicted molar refractivity (Wildman–Crippen MR) is 49.4 cm³/mol. The van der Waals surface area contributed by atoms with Crippen LogP contribution in [0.4, 0.5) is 0 Å². The molecule has 1 heterocycles. The van der Waals surface area contributed by atoms with Crippen LogP contribution in [-0.4, -0.2) is 26.1 Å². The van der Waals surface area contributed by atoms with E-state index in [-0.39, 0.29) is 6.54 Å². The topological polar surface area (TPSA) is 68.0 Å². The Kier molecular flexibility index (Phi) is 3.41. The number of rotatable bonds is 4. The van der Waals surface area contributed by atoms with E-state index in [2.05, 4.69) is 26.2 Å². The van der Waals surface area contributed by atoms with Gasteiger partial charge in [0.05, 0.1) is 5.69 Å². The van der Waals surface area contributed by atoms with Gasteiger partial charge in [-0.2, -0.15) is 0 Å². The van der Waals surface area contributed by atoms with Gasteiger partial charge < -0.3 is 5.11 Å². The molecule has 0 atom stereocenters. The largest absolute Gasteiger partial charge is 0.480 e. The van der Waals surface area contributed by atoms with Crippen molar-refractivity contribution in [2.24, 2.45) is 0 Å². The van der Waals surface area contributed by atoms with Crippen LogP contribution in [0.1, 0.15) is 19.0 Å². The van der Waals surface area contributed by atoms with Gasteiger partial charge in [0.15, 0.2) is 4.60 Å². The number of aromatic nitrogens is 3. The molecule has 0 aromatic carbocycles. The average molecular weight is 248 g/mol. The van der Waals surface area contributed by atoms with Crippen LogP contribution in [-0.2, 0) is 17.8 Å². The summed E-state index contributed by atoms with van der Waals surface area (Å²) in [4.78, 5) is 10.4. The molecule has 13 heavy (non-hydrogen) atoms. The molecular formula is C7H10BrN3O2. The van der Waals surface area contributed by atoms with Crippen LogP contribution < -0.4 is 0 Å². The fourth-order valence-corrected chi connectivity index (χ4v) is 1.51. The fourth-order valence-electron chi connectivity index (χ4n) is 1.04. The summed E-state index contributed by atoms with van der Waals surface area (Å²) in [6.07, 6.45) is 1.71. The van der Waals surface area contributed by atoms with Gasteiger partial charge in [-0.3, -0.25) is 4.79 Å². The zero-order chi connectivity index (χ0) is 9.84. The third kappa shape index (κ3) is 2.51. The highest BCUT2D eigenvalue weighted by molar-refractivity contribution is 9.10. The summed E-state index contributed by atoms with van der Waals surface area (Å²) in [5.41, 5.74) is 0.838. The number of halogens is 1. The van der Waals surface area contributed by atoms with E-state index < -0.39 is 5.97 Å². The molecule has 0 radical (unpaired) electrons. The van der Waals surface area contributed by atoms with Crippen molar-refractivity contribution in [3.05, 3.63) is 10.3 Å². The molecule has 0 saturated heterocycles. The number of carbonyl (C=O) groups is 1. The minimum Gasteiger partial charge on any atom is -0.480 e. The Balaban J connectivity index is 2.86. The van der Waals surface area contributed by atoms with Gasteiger partial charge in [0.25, 0.3) is 0 Å².